The summed E-state index contributed by atoms with van der Waals surface area (Å²) in [5, 5.41) is 41.0. The first-order valence-corrected chi connectivity index (χ1v) is 8.16. The third-order valence-corrected chi connectivity index (χ3v) is 3.98. The van der Waals surface area contributed by atoms with Crippen LogP contribution in [0, 0.1) is 27.2 Å². The van der Waals surface area contributed by atoms with Gasteiger partial charge in [-0.1, -0.05) is 6.07 Å². The van der Waals surface area contributed by atoms with Gasteiger partial charge in [0.15, 0.2) is 11.5 Å². The zero-order valence-electron chi connectivity index (χ0n) is 14.9. The summed E-state index contributed by atoms with van der Waals surface area (Å²) in [4.78, 5) is 20.4. The maximum Gasteiger partial charge on any atom is 0.314 e. The second-order valence-corrected chi connectivity index (χ2v) is 5.90. The second kappa shape index (κ2) is 7.72. The van der Waals surface area contributed by atoms with Gasteiger partial charge in [-0.3, -0.25) is 20.2 Å². The fraction of sp³-hybridized carbons (Fsp3) is 0.0526. The van der Waals surface area contributed by atoms with E-state index >= 15 is 0 Å². The largest absolute Gasteiger partial charge is 0.502 e. The van der Waals surface area contributed by atoms with Gasteiger partial charge in [0.2, 0.25) is 0 Å². The van der Waals surface area contributed by atoms with Crippen LogP contribution in [0.1, 0.15) is 5.56 Å². The molecule has 29 heavy (non-hydrogen) atoms. The zero-order valence-corrected chi connectivity index (χ0v) is 14.9. The average molecular weight is 398 g/mol. The van der Waals surface area contributed by atoms with E-state index in [1.807, 2.05) is 0 Å². The molecule has 0 amide bonds. The van der Waals surface area contributed by atoms with Crippen LogP contribution in [-0.2, 0) is 0 Å². The molecule has 0 aliphatic rings. The van der Waals surface area contributed by atoms with Crippen LogP contribution in [0.25, 0.3) is 0 Å². The Balaban J connectivity index is 1.89. The number of nitro groups is 2. The number of phenolic OH excluding ortho intramolecular Hbond substituents is 2. The smallest absolute Gasteiger partial charge is 0.314 e. The van der Waals surface area contributed by atoms with Crippen molar-refractivity contribution in [1.82, 2.24) is 0 Å². The molecule has 0 heterocycles. The van der Waals surface area contributed by atoms with Crippen molar-refractivity contribution in [3.8, 4) is 34.5 Å². The Bertz CT molecular complexity index is 1030. The monoisotopic (exact) mass is 398 g/mol. The quantitative estimate of drug-likeness (QED) is 0.444. The van der Waals surface area contributed by atoms with Gasteiger partial charge < -0.3 is 19.7 Å². The molecule has 2 N–H and O–H groups in total. The number of nitrogens with zero attached hydrogens (tertiary/aromatic N) is 2. The topological polar surface area (TPSA) is 145 Å². The van der Waals surface area contributed by atoms with Gasteiger partial charge in [-0.15, -0.1) is 0 Å². The third-order valence-electron chi connectivity index (χ3n) is 3.98. The molecule has 10 nitrogen and oxygen atoms in total. The van der Waals surface area contributed by atoms with E-state index in [1.165, 1.54) is 12.1 Å². The van der Waals surface area contributed by atoms with Gasteiger partial charge >= 0.3 is 11.4 Å². The summed E-state index contributed by atoms with van der Waals surface area (Å²) < 4.78 is 11.3. The number of hydrogen-bond donors (Lipinski definition) is 2. The summed E-state index contributed by atoms with van der Waals surface area (Å²) in [5.41, 5.74) is -0.466. The maximum atomic E-state index is 11.0. The number of hydrogen-bond acceptors (Lipinski definition) is 8. The van der Waals surface area contributed by atoms with Crippen LogP contribution < -0.4 is 9.47 Å². The minimum atomic E-state index is -0.730. The second-order valence-electron chi connectivity index (χ2n) is 5.90. The molecule has 148 valence electrons. The van der Waals surface area contributed by atoms with E-state index in [0.717, 1.165) is 24.3 Å². The first-order chi connectivity index (χ1) is 13.8. The standard InChI is InChI=1S/C19H14N2O8/c1-11-18(28-12-5-7-16(22)14(9-12)20(24)25)3-2-4-19(11)29-13-6-8-17(23)15(10-13)21(26)27/h2-10,22-23H,1H3. The van der Waals surface area contributed by atoms with Crippen molar-refractivity contribution in [2.75, 3.05) is 0 Å². The van der Waals surface area contributed by atoms with Crippen molar-refractivity contribution >= 4 is 11.4 Å². The van der Waals surface area contributed by atoms with Crippen molar-refractivity contribution in [2.45, 2.75) is 6.92 Å². The third kappa shape index (κ3) is 4.16. The van der Waals surface area contributed by atoms with E-state index in [4.69, 9.17) is 9.47 Å². The first-order valence-electron chi connectivity index (χ1n) is 8.16. The van der Waals surface area contributed by atoms with Gasteiger partial charge in [0.25, 0.3) is 0 Å². The summed E-state index contributed by atoms with van der Waals surface area (Å²) in [5.74, 6) is -0.0354. The highest BCUT2D eigenvalue weighted by Gasteiger charge is 2.17. The van der Waals surface area contributed by atoms with Crippen LogP contribution in [0.15, 0.2) is 54.6 Å². The molecule has 0 aliphatic carbocycles. The number of benzene rings is 3. The number of aromatic hydroxyl groups is 2. The van der Waals surface area contributed by atoms with Crippen molar-refractivity contribution in [3.63, 3.8) is 0 Å². The van der Waals surface area contributed by atoms with E-state index < -0.39 is 32.7 Å². The molecule has 0 atom stereocenters. The molecule has 3 aromatic carbocycles. The molecule has 0 unspecified atom stereocenters. The molecule has 0 bridgehead atoms. The van der Waals surface area contributed by atoms with E-state index in [-0.39, 0.29) is 11.5 Å². The van der Waals surface area contributed by atoms with E-state index in [2.05, 4.69) is 0 Å². The molecule has 0 aromatic heterocycles. The Kier molecular flexibility index (Phi) is 5.17. The van der Waals surface area contributed by atoms with Crippen molar-refractivity contribution in [2.24, 2.45) is 0 Å². The molecule has 0 saturated carbocycles. The summed E-state index contributed by atoms with van der Waals surface area (Å²) in [6, 6.07) is 12.1. The summed E-state index contributed by atoms with van der Waals surface area (Å²) >= 11 is 0. The van der Waals surface area contributed by atoms with Gasteiger partial charge in [-0.2, -0.15) is 0 Å². The van der Waals surface area contributed by atoms with E-state index in [0.29, 0.717) is 17.1 Å². The Hall–Kier alpha value is -4.34. The number of phenols is 2. The Morgan fingerprint density at radius 1 is 0.759 bits per heavy atom. The molecular weight excluding hydrogens is 384 g/mol. The van der Waals surface area contributed by atoms with Gasteiger partial charge in [0, 0.05) is 5.56 Å². The molecule has 0 aliphatic heterocycles. The van der Waals surface area contributed by atoms with E-state index in [9.17, 15) is 30.4 Å². The zero-order chi connectivity index (χ0) is 21.1. The number of nitro benzene ring substituents is 2. The van der Waals surface area contributed by atoms with Crippen LogP contribution in [0.2, 0.25) is 0 Å². The van der Waals surface area contributed by atoms with Crippen molar-refractivity contribution in [1.29, 1.82) is 0 Å². The van der Waals surface area contributed by atoms with Crippen LogP contribution in [-0.4, -0.2) is 20.1 Å². The normalized spacial score (nSPS) is 10.4. The van der Waals surface area contributed by atoms with Gasteiger partial charge in [-0.25, -0.2) is 0 Å². The minimum absolute atomic E-state index is 0.134. The highest BCUT2D eigenvalue weighted by atomic mass is 16.6. The predicted molar refractivity (Wildman–Crippen MR) is 101 cm³/mol. The van der Waals surface area contributed by atoms with Crippen LogP contribution in [0.3, 0.4) is 0 Å². The fourth-order valence-corrected chi connectivity index (χ4v) is 2.50. The van der Waals surface area contributed by atoms with Crippen molar-refractivity contribution < 1.29 is 29.5 Å². The lowest BCUT2D eigenvalue weighted by Gasteiger charge is -2.13. The number of rotatable bonds is 6. The minimum Gasteiger partial charge on any atom is -0.502 e. The average Bonchev–Trinajstić information content (AvgIpc) is 2.67. The van der Waals surface area contributed by atoms with Crippen molar-refractivity contribution in [3.05, 3.63) is 80.4 Å². The van der Waals surface area contributed by atoms with Crippen LogP contribution in [0.4, 0.5) is 11.4 Å². The molecule has 3 rings (SSSR count). The lowest BCUT2D eigenvalue weighted by atomic mass is 10.2. The van der Waals surface area contributed by atoms with Crippen LogP contribution >= 0.6 is 0 Å². The summed E-state index contributed by atoms with van der Waals surface area (Å²) in [6.45, 7) is 1.67. The number of ether oxygens (including phenoxy) is 2. The fourth-order valence-electron chi connectivity index (χ4n) is 2.50. The highest BCUT2D eigenvalue weighted by molar-refractivity contribution is 5.54. The molecular formula is C19H14N2O8. The molecule has 10 heteroatoms. The molecule has 0 radical (unpaired) electrons. The Morgan fingerprint density at radius 3 is 1.55 bits per heavy atom. The molecule has 0 spiro atoms. The Morgan fingerprint density at radius 2 is 1.17 bits per heavy atom. The van der Waals surface area contributed by atoms with Crippen LogP contribution in [0.5, 0.6) is 34.5 Å². The lowest BCUT2D eigenvalue weighted by molar-refractivity contribution is -0.386. The van der Waals surface area contributed by atoms with E-state index in [1.54, 1.807) is 25.1 Å². The SMILES string of the molecule is Cc1c(Oc2ccc(O)c([N+](=O)[O-])c2)cccc1Oc1ccc(O)c([N+](=O)[O-])c1. The lowest BCUT2D eigenvalue weighted by Crippen LogP contribution is -1.94. The Labute approximate surface area is 163 Å². The summed E-state index contributed by atoms with van der Waals surface area (Å²) in [7, 11) is 0. The maximum absolute atomic E-state index is 11.0. The van der Waals surface area contributed by atoms with Gasteiger partial charge in [0.1, 0.15) is 23.0 Å². The highest BCUT2D eigenvalue weighted by Crippen LogP contribution is 2.38. The first kappa shape index (κ1) is 19.4. The predicted octanol–water partition coefficient (Wildman–Crippen LogP) is 4.81. The van der Waals surface area contributed by atoms with Gasteiger partial charge in [-0.05, 0) is 43.3 Å². The molecule has 0 saturated heterocycles. The van der Waals surface area contributed by atoms with Gasteiger partial charge in [0.05, 0.1) is 22.0 Å². The summed E-state index contributed by atoms with van der Waals surface area (Å²) in [6.07, 6.45) is 0. The molecule has 3 aromatic rings. The molecule has 0 fully saturated rings.